The summed E-state index contributed by atoms with van der Waals surface area (Å²) in [7, 11) is 0. The normalized spacial score (nSPS) is 22.4. The van der Waals surface area contributed by atoms with Crippen LogP contribution in [0.15, 0.2) is 30.3 Å². The molecule has 0 spiro atoms. The average molecular weight is 291 g/mol. The molecule has 5 nitrogen and oxygen atoms in total. The highest BCUT2D eigenvalue weighted by Gasteiger charge is 2.57. The molecule has 5 heteroatoms. The van der Waals surface area contributed by atoms with Crippen LogP contribution < -0.4 is 5.32 Å². The van der Waals surface area contributed by atoms with Gasteiger partial charge in [0.2, 0.25) is 0 Å². The first kappa shape index (κ1) is 15.4. The number of carboxylic acids is 1. The highest BCUT2D eigenvalue weighted by Crippen LogP contribution is 2.59. The molecule has 21 heavy (non-hydrogen) atoms. The van der Waals surface area contributed by atoms with E-state index in [4.69, 9.17) is 9.84 Å². The fourth-order valence-electron chi connectivity index (χ4n) is 2.82. The Labute approximate surface area is 124 Å². The molecule has 2 atom stereocenters. The Bertz CT molecular complexity index is 512. The summed E-state index contributed by atoms with van der Waals surface area (Å²) in [5, 5.41) is 11.6. The fraction of sp³-hybridized carbons (Fsp3) is 0.500. The van der Waals surface area contributed by atoms with Crippen LogP contribution in [0.1, 0.15) is 25.8 Å². The third-order valence-corrected chi connectivity index (χ3v) is 4.36. The van der Waals surface area contributed by atoms with Crippen LogP contribution in [0.2, 0.25) is 0 Å². The summed E-state index contributed by atoms with van der Waals surface area (Å²) < 4.78 is 5.12. The monoisotopic (exact) mass is 291 g/mol. The number of hydrogen-bond acceptors (Lipinski definition) is 3. The molecule has 0 radical (unpaired) electrons. The van der Waals surface area contributed by atoms with Crippen molar-refractivity contribution in [2.45, 2.75) is 26.9 Å². The summed E-state index contributed by atoms with van der Waals surface area (Å²) in [5.74, 6) is -0.482. The Morgan fingerprint density at radius 1 is 1.24 bits per heavy atom. The van der Waals surface area contributed by atoms with E-state index in [2.05, 4.69) is 5.32 Å². The van der Waals surface area contributed by atoms with Gasteiger partial charge in [0.1, 0.15) is 6.61 Å². The Morgan fingerprint density at radius 3 is 2.52 bits per heavy atom. The zero-order chi connectivity index (χ0) is 15.5. The van der Waals surface area contributed by atoms with Gasteiger partial charge in [-0.15, -0.1) is 0 Å². The van der Waals surface area contributed by atoms with Gasteiger partial charge >= 0.3 is 12.1 Å². The van der Waals surface area contributed by atoms with Crippen molar-refractivity contribution in [3.63, 3.8) is 0 Å². The molecule has 1 amide bonds. The highest BCUT2D eigenvalue weighted by atomic mass is 16.5. The van der Waals surface area contributed by atoms with Gasteiger partial charge in [-0.25, -0.2) is 4.79 Å². The lowest BCUT2D eigenvalue weighted by molar-refractivity contribution is -0.137. The van der Waals surface area contributed by atoms with E-state index >= 15 is 0 Å². The van der Waals surface area contributed by atoms with Crippen LogP contribution in [-0.2, 0) is 16.1 Å². The SMILES string of the molecule is CC1(C)[C@H](CNC(=O)OCc2ccccc2)[C@@H]1CC(=O)O. The number of carbonyl (C=O) groups is 2. The minimum absolute atomic E-state index is 0.0366. The molecule has 1 saturated carbocycles. The zero-order valence-electron chi connectivity index (χ0n) is 12.3. The molecular formula is C16H21NO4. The molecule has 2 N–H and O–H groups in total. The highest BCUT2D eigenvalue weighted by molar-refractivity contribution is 5.68. The van der Waals surface area contributed by atoms with Crippen LogP contribution in [0.25, 0.3) is 0 Å². The number of ether oxygens (including phenoxy) is 1. The van der Waals surface area contributed by atoms with E-state index in [-0.39, 0.29) is 30.3 Å². The van der Waals surface area contributed by atoms with Gasteiger partial charge in [-0.3, -0.25) is 4.79 Å². The lowest BCUT2D eigenvalue weighted by Crippen LogP contribution is -2.27. The molecule has 1 fully saturated rings. The lowest BCUT2D eigenvalue weighted by atomic mass is 10.1. The van der Waals surface area contributed by atoms with Gasteiger partial charge in [-0.1, -0.05) is 44.2 Å². The van der Waals surface area contributed by atoms with Crippen molar-refractivity contribution < 1.29 is 19.4 Å². The predicted molar refractivity (Wildman–Crippen MR) is 77.6 cm³/mol. The summed E-state index contributed by atoms with van der Waals surface area (Å²) in [6, 6.07) is 9.46. The Balaban J connectivity index is 1.71. The molecule has 1 aromatic rings. The van der Waals surface area contributed by atoms with E-state index in [9.17, 15) is 9.59 Å². The summed E-state index contributed by atoms with van der Waals surface area (Å²) in [6.07, 6.45) is -0.311. The van der Waals surface area contributed by atoms with Gasteiger partial charge in [0.15, 0.2) is 0 Å². The quantitative estimate of drug-likeness (QED) is 0.845. The van der Waals surface area contributed by atoms with E-state index in [1.165, 1.54) is 0 Å². The number of carbonyl (C=O) groups excluding carboxylic acids is 1. The van der Waals surface area contributed by atoms with Crippen LogP contribution in [0.5, 0.6) is 0 Å². The molecule has 0 saturated heterocycles. The van der Waals surface area contributed by atoms with Gasteiger partial charge in [0, 0.05) is 13.0 Å². The predicted octanol–water partition coefficient (Wildman–Crippen LogP) is 2.66. The maximum atomic E-state index is 11.6. The van der Waals surface area contributed by atoms with Crippen LogP contribution in [0.4, 0.5) is 4.79 Å². The van der Waals surface area contributed by atoms with Crippen LogP contribution in [0.3, 0.4) is 0 Å². The van der Waals surface area contributed by atoms with Gasteiger partial charge in [0.05, 0.1) is 0 Å². The number of aliphatic carboxylic acids is 1. The van der Waals surface area contributed by atoms with Crippen molar-refractivity contribution in [3.05, 3.63) is 35.9 Å². The van der Waals surface area contributed by atoms with Crippen LogP contribution in [-0.4, -0.2) is 23.7 Å². The van der Waals surface area contributed by atoms with E-state index in [1.807, 2.05) is 44.2 Å². The van der Waals surface area contributed by atoms with E-state index < -0.39 is 12.1 Å². The molecule has 0 aromatic heterocycles. The first-order chi connectivity index (χ1) is 9.91. The summed E-state index contributed by atoms with van der Waals surface area (Å²) in [6.45, 7) is 4.75. The van der Waals surface area contributed by atoms with Crippen molar-refractivity contribution in [3.8, 4) is 0 Å². The minimum Gasteiger partial charge on any atom is -0.481 e. The molecule has 1 aliphatic carbocycles. The Hall–Kier alpha value is -2.04. The molecule has 1 aliphatic rings. The topological polar surface area (TPSA) is 75.6 Å². The lowest BCUT2D eigenvalue weighted by Gasteiger charge is -2.07. The van der Waals surface area contributed by atoms with Crippen molar-refractivity contribution in [2.75, 3.05) is 6.54 Å². The second-order valence-electron chi connectivity index (χ2n) is 6.07. The van der Waals surface area contributed by atoms with Crippen LogP contribution >= 0.6 is 0 Å². The number of hydrogen-bond donors (Lipinski definition) is 2. The second-order valence-corrected chi connectivity index (χ2v) is 6.07. The molecule has 0 aliphatic heterocycles. The molecule has 2 rings (SSSR count). The number of alkyl carbamates (subject to hydrolysis) is 1. The first-order valence-corrected chi connectivity index (χ1v) is 7.07. The molecule has 1 aromatic carbocycles. The van der Waals surface area contributed by atoms with Crippen molar-refractivity contribution in [1.29, 1.82) is 0 Å². The zero-order valence-corrected chi connectivity index (χ0v) is 12.3. The largest absolute Gasteiger partial charge is 0.481 e. The molecular weight excluding hydrogens is 270 g/mol. The van der Waals surface area contributed by atoms with Crippen molar-refractivity contribution in [1.82, 2.24) is 5.32 Å². The summed E-state index contributed by atoms with van der Waals surface area (Å²) in [4.78, 5) is 22.4. The van der Waals surface area contributed by atoms with Crippen molar-refractivity contribution >= 4 is 12.1 Å². The third-order valence-electron chi connectivity index (χ3n) is 4.36. The van der Waals surface area contributed by atoms with Gasteiger partial charge in [0.25, 0.3) is 0 Å². The standard InChI is InChI=1S/C16H21NO4/c1-16(2)12(8-14(18)19)13(16)9-17-15(20)21-10-11-6-4-3-5-7-11/h3-7,12-13H,8-10H2,1-2H3,(H,17,20)(H,18,19)/t12-,13+/m0/s1. The summed E-state index contributed by atoms with van der Waals surface area (Å²) >= 11 is 0. The van der Waals surface area contributed by atoms with E-state index in [1.54, 1.807) is 0 Å². The number of carboxylic acid groups (broad SMARTS) is 1. The van der Waals surface area contributed by atoms with Gasteiger partial charge in [-0.2, -0.15) is 0 Å². The Kier molecular flexibility index (Phi) is 4.50. The van der Waals surface area contributed by atoms with Gasteiger partial charge in [-0.05, 0) is 22.8 Å². The number of nitrogens with one attached hydrogen (secondary N) is 1. The summed E-state index contributed by atoms with van der Waals surface area (Å²) in [5.41, 5.74) is 0.897. The minimum atomic E-state index is -0.790. The number of amides is 1. The van der Waals surface area contributed by atoms with Crippen LogP contribution in [0, 0.1) is 17.3 Å². The first-order valence-electron chi connectivity index (χ1n) is 7.07. The maximum Gasteiger partial charge on any atom is 0.407 e. The van der Waals surface area contributed by atoms with E-state index in [0.717, 1.165) is 5.56 Å². The molecule has 0 unspecified atom stereocenters. The number of benzene rings is 1. The third kappa shape index (κ3) is 3.97. The van der Waals surface area contributed by atoms with Crippen molar-refractivity contribution in [2.24, 2.45) is 17.3 Å². The number of rotatable bonds is 6. The molecule has 114 valence electrons. The Morgan fingerprint density at radius 2 is 1.90 bits per heavy atom. The average Bonchev–Trinajstić information content (AvgIpc) is 2.94. The maximum absolute atomic E-state index is 11.6. The second kappa shape index (κ2) is 6.16. The smallest absolute Gasteiger partial charge is 0.407 e. The molecule has 0 heterocycles. The molecule has 0 bridgehead atoms. The van der Waals surface area contributed by atoms with E-state index in [0.29, 0.717) is 6.54 Å². The fourth-order valence-corrected chi connectivity index (χ4v) is 2.82. The van der Waals surface area contributed by atoms with Gasteiger partial charge < -0.3 is 15.2 Å².